The minimum absolute atomic E-state index is 0.442. The zero-order chi connectivity index (χ0) is 11.4. The van der Waals surface area contributed by atoms with E-state index >= 15 is 0 Å². The number of halogens is 1. The summed E-state index contributed by atoms with van der Waals surface area (Å²) < 4.78 is 5.61. The second kappa shape index (κ2) is 5.23. The summed E-state index contributed by atoms with van der Waals surface area (Å²) in [6.07, 6.45) is 5.08. The summed E-state index contributed by atoms with van der Waals surface area (Å²) in [5.41, 5.74) is 0.442. The molecule has 2 nitrogen and oxygen atoms in total. The van der Waals surface area contributed by atoms with Crippen molar-refractivity contribution in [3.8, 4) is 11.8 Å². The summed E-state index contributed by atoms with van der Waals surface area (Å²) >= 11 is 5.91. The van der Waals surface area contributed by atoms with Crippen LogP contribution in [0, 0.1) is 17.2 Å². The van der Waals surface area contributed by atoms with Gasteiger partial charge >= 0.3 is 0 Å². The van der Waals surface area contributed by atoms with E-state index in [4.69, 9.17) is 21.6 Å². The quantitative estimate of drug-likeness (QED) is 0.796. The highest BCUT2D eigenvalue weighted by molar-refractivity contribution is 6.31. The molecule has 0 heterocycles. The fourth-order valence-electron chi connectivity index (χ4n) is 1.85. The first kappa shape index (κ1) is 11.3. The predicted octanol–water partition coefficient (Wildman–Crippen LogP) is 3.78. The van der Waals surface area contributed by atoms with E-state index < -0.39 is 0 Å². The van der Waals surface area contributed by atoms with Crippen LogP contribution in [0.15, 0.2) is 18.2 Å². The molecule has 0 aromatic heterocycles. The third-order valence-corrected chi connectivity index (χ3v) is 3.41. The average molecular weight is 236 g/mol. The van der Waals surface area contributed by atoms with E-state index in [1.807, 2.05) is 6.07 Å². The number of hydrogen-bond donors (Lipinski definition) is 0. The van der Waals surface area contributed by atoms with Gasteiger partial charge in [-0.25, -0.2) is 0 Å². The molecule has 2 rings (SSSR count). The van der Waals surface area contributed by atoms with Gasteiger partial charge in [0.25, 0.3) is 0 Å². The second-order valence-electron chi connectivity index (χ2n) is 4.16. The van der Waals surface area contributed by atoms with Gasteiger partial charge in [0.2, 0.25) is 0 Å². The average Bonchev–Trinajstić information content (AvgIpc) is 2.22. The van der Waals surface area contributed by atoms with Crippen LogP contribution in [0.25, 0.3) is 0 Å². The van der Waals surface area contributed by atoms with Crippen molar-refractivity contribution in [2.24, 2.45) is 5.92 Å². The molecule has 0 aliphatic heterocycles. The number of nitrogens with zero attached hydrogens (tertiary/aromatic N) is 1. The lowest BCUT2D eigenvalue weighted by Gasteiger charge is -2.25. The Morgan fingerprint density at radius 3 is 2.88 bits per heavy atom. The van der Waals surface area contributed by atoms with Crippen LogP contribution in [0.2, 0.25) is 5.02 Å². The Hall–Kier alpha value is -1.20. The van der Waals surface area contributed by atoms with Crippen molar-refractivity contribution in [3.63, 3.8) is 0 Å². The van der Waals surface area contributed by atoms with Crippen molar-refractivity contribution in [2.45, 2.75) is 25.7 Å². The molecule has 1 aliphatic rings. The molecule has 0 radical (unpaired) electrons. The minimum Gasteiger partial charge on any atom is -0.492 e. The highest BCUT2D eigenvalue weighted by Crippen LogP contribution is 2.30. The van der Waals surface area contributed by atoms with E-state index in [1.54, 1.807) is 12.1 Å². The molecule has 0 bridgehead atoms. The molecule has 0 N–H and O–H groups in total. The molecule has 0 amide bonds. The van der Waals surface area contributed by atoms with E-state index in [-0.39, 0.29) is 0 Å². The molecular weight excluding hydrogens is 222 g/mol. The van der Waals surface area contributed by atoms with Crippen LogP contribution < -0.4 is 4.74 Å². The van der Waals surface area contributed by atoms with Crippen LogP contribution in [0.3, 0.4) is 0 Å². The largest absolute Gasteiger partial charge is 0.492 e. The van der Waals surface area contributed by atoms with Crippen molar-refractivity contribution in [2.75, 3.05) is 6.61 Å². The lowest BCUT2D eigenvalue weighted by molar-refractivity contribution is 0.221. The SMILES string of the molecule is N#Cc1c(Cl)cccc1OCCC1CCC1. The Balaban J connectivity index is 1.93. The van der Waals surface area contributed by atoms with E-state index in [0.29, 0.717) is 22.9 Å². The van der Waals surface area contributed by atoms with Crippen molar-refractivity contribution in [1.29, 1.82) is 5.26 Å². The van der Waals surface area contributed by atoms with Crippen LogP contribution in [0.4, 0.5) is 0 Å². The number of rotatable bonds is 4. The molecule has 84 valence electrons. The summed E-state index contributed by atoms with van der Waals surface area (Å²) in [5, 5.41) is 9.41. The smallest absolute Gasteiger partial charge is 0.138 e. The molecule has 16 heavy (non-hydrogen) atoms. The monoisotopic (exact) mass is 235 g/mol. The molecule has 1 aliphatic carbocycles. The first-order valence-electron chi connectivity index (χ1n) is 5.62. The lowest BCUT2D eigenvalue weighted by Crippen LogP contribution is -2.14. The number of benzene rings is 1. The first-order valence-corrected chi connectivity index (χ1v) is 6.00. The van der Waals surface area contributed by atoms with E-state index in [2.05, 4.69) is 6.07 Å². The minimum atomic E-state index is 0.442. The molecule has 0 saturated heterocycles. The summed E-state index contributed by atoms with van der Waals surface area (Å²) in [6.45, 7) is 0.680. The van der Waals surface area contributed by atoms with E-state index in [1.165, 1.54) is 19.3 Å². The van der Waals surface area contributed by atoms with Crippen molar-refractivity contribution in [1.82, 2.24) is 0 Å². The van der Waals surface area contributed by atoms with Gasteiger partial charge < -0.3 is 4.74 Å². The molecule has 0 unspecified atom stereocenters. The van der Waals surface area contributed by atoms with E-state index in [9.17, 15) is 0 Å². The van der Waals surface area contributed by atoms with Crippen molar-refractivity contribution in [3.05, 3.63) is 28.8 Å². The number of ether oxygens (including phenoxy) is 1. The van der Waals surface area contributed by atoms with E-state index in [0.717, 1.165) is 12.3 Å². The Morgan fingerprint density at radius 1 is 1.44 bits per heavy atom. The molecular formula is C13H14ClNO. The van der Waals surface area contributed by atoms with Gasteiger partial charge in [0.05, 0.1) is 11.6 Å². The highest BCUT2D eigenvalue weighted by atomic mass is 35.5. The topological polar surface area (TPSA) is 33.0 Å². The standard InChI is InChI=1S/C13H14ClNO/c14-12-5-2-6-13(11(12)9-15)16-8-7-10-3-1-4-10/h2,5-6,10H,1,3-4,7-8H2. The highest BCUT2D eigenvalue weighted by Gasteiger charge is 2.17. The maximum absolute atomic E-state index is 8.95. The maximum atomic E-state index is 8.95. The van der Waals surface area contributed by atoms with Crippen LogP contribution in [-0.4, -0.2) is 6.61 Å². The summed E-state index contributed by atoms with van der Waals surface area (Å²) in [5.74, 6) is 1.43. The van der Waals surface area contributed by atoms with Crippen LogP contribution in [0.1, 0.15) is 31.2 Å². The lowest BCUT2D eigenvalue weighted by atomic mass is 9.83. The zero-order valence-electron chi connectivity index (χ0n) is 9.08. The molecule has 1 aromatic carbocycles. The van der Waals surface area contributed by atoms with Gasteiger partial charge in [0, 0.05) is 0 Å². The first-order chi connectivity index (χ1) is 7.81. The van der Waals surface area contributed by atoms with Crippen molar-refractivity contribution < 1.29 is 4.74 Å². The summed E-state index contributed by atoms with van der Waals surface area (Å²) in [4.78, 5) is 0. The van der Waals surface area contributed by atoms with Crippen LogP contribution in [-0.2, 0) is 0 Å². The number of hydrogen-bond acceptors (Lipinski definition) is 2. The summed E-state index contributed by atoms with van der Waals surface area (Å²) in [6, 6.07) is 7.38. The zero-order valence-corrected chi connectivity index (χ0v) is 9.83. The fourth-order valence-corrected chi connectivity index (χ4v) is 2.06. The van der Waals surface area contributed by atoms with Gasteiger partial charge in [0.1, 0.15) is 17.4 Å². The molecule has 0 atom stereocenters. The third-order valence-electron chi connectivity index (χ3n) is 3.10. The van der Waals surface area contributed by atoms with Gasteiger partial charge in [-0.15, -0.1) is 0 Å². The molecule has 0 spiro atoms. The second-order valence-corrected chi connectivity index (χ2v) is 4.57. The Kier molecular flexibility index (Phi) is 3.69. The number of nitriles is 1. The Morgan fingerprint density at radius 2 is 2.25 bits per heavy atom. The van der Waals surface area contributed by atoms with Crippen LogP contribution >= 0.6 is 11.6 Å². The van der Waals surface area contributed by atoms with Gasteiger partial charge in [-0.2, -0.15) is 5.26 Å². The Labute approximate surface area is 101 Å². The third kappa shape index (κ3) is 2.48. The van der Waals surface area contributed by atoms with Gasteiger partial charge in [-0.3, -0.25) is 0 Å². The molecule has 1 fully saturated rings. The predicted molar refractivity (Wildman–Crippen MR) is 63.6 cm³/mol. The van der Waals surface area contributed by atoms with Gasteiger partial charge in [-0.1, -0.05) is 36.9 Å². The molecule has 1 aromatic rings. The summed E-state index contributed by atoms with van der Waals surface area (Å²) in [7, 11) is 0. The molecule has 1 saturated carbocycles. The van der Waals surface area contributed by atoms with Gasteiger partial charge in [0.15, 0.2) is 0 Å². The fraction of sp³-hybridized carbons (Fsp3) is 0.462. The molecule has 3 heteroatoms. The normalized spacial score (nSPS) is 15.2. The van der Waals surface area contributed by atoms with Crippen molar-refractivity contribution >= 4 is 11.6 Å². The Bertz CT molecular complexity index is 407. The maximum Gasteiger partial charge on any atom is 0.138 e. The van der Waals surface area contributed by atoms with Gasteiger partial charge in [-0.05, 0) is 24.5 Å². The van der Waals surface area contributed by atoms with Crippen LogP contribution in [0.5, 0.6) is 5.75 Å².